The zero-order chi connectivity index (χ0) is 6.41. The van der Waals surface area contributed by atoms with E-state index in [0.717, 1.165) is 23.5 Å². The van der Waals surface area contributed by atoms with Crippen molar-refractivity contribution in [2.24, 2.45) is 0 Å². The zero-order valence-electron chi connectivity index (χ0n) is 6.81. The third-order valence-electron chi connectivity index (χ3n) is 0.803. The molecule has 0 bridgehead atoms. The second-order valence-electron chi connectivity index (χ2n) is 1.48. The van der Waals surface area contributed by atoms with Crippen LogP contribution in [0.3, 0.4) is 0 Å². The van der Waals surface area contributed by atoms with E-state index in [0.29, 0.717) is 0 Å². The summed E-state index contributed by atoms with van der Waals surface area (Å²) in [4.78, 5) is 0. The molecule has 0 aliphatic heterocycles. The smallest absolute Gasteiger partial charge is 0.358 e. The minimum absolute atomic E-state index is 0. The minimum atomic E-state index is 0. The Kier molecular flexibility index (Phi) is 5.37. The van der Waals surface area contributed by atoms with Gasteiger partial charge in [-0.15, -0.1) is 0 Å². The van der Waals surface area contributed by atoms with Gasteiger partial charge < -0.3 is 9.47 Å². The van der Waals surface area contributed by atoms with Crippen molar-refractivity contribution in [3.63, 3.8) is 0 Å². The van der Waals surface area contributed by atoms with Crippen molar-refractivity contribution in [3.8, 4) is 0 Å². The highest BCUT2D eigenvalue weighted by molar-refractivity contribution is 6.09. The SMILES string of the molecule is CCOC([SiH3])OCC.[H+]. The first-order chi connectivity index (χ1) is 3.81. The van der Waals surface area contributed by atoms with Crippen LogP contribution in [0.2, 0.25) is 0 Å². The van der Waals surface area contributed by atoms with Gasteiger partial charge in [0.1, 0.15) is 5.91 Å². The van der Waals surface area contributed by atoms with Crippen LogP contribution in [0.5, 0.6) is 0 Å². The normalized spacial score (nSPS) is 10.9. The van der Waals surface area contributed by atoms with Gasteiger partial charge in [0, 0.05) is 13.2 Å². The molecule has 0 aromatic rings. The van der Waals surface area contributed by atoms with Crippen LogP contribution >= 0.6 is 0 Å². The van der Waals surface area contributed by atoms with Gasteiger partial charge in [0.05, 0.1) is 10.2 Å². The summed E-state index contributed by atoms with van der Waals surface area (Å²) in [6.07, 6.45) is 0. The summed E-state index contributed by atoms with van der Waals surface area (Å²) in [5, 5.41) is 0. The molecule has 0 N–H and O–H groups in total. The van der Waals surface area contributed by atoms with E-state index >= 15 is 0 Å². The van der Waals surface area contributed by atoms with Gasteiger partial charge in [0.2, 0.25) is 0 Å². The molecule has 0 unspecified atom stereocenters. The van der Waals surface area contributed by atoms with Crippen LogP contribution in [0.15, 0.2) is 0 Å². The lowest BCUT2D eigenvalue weighted by Gasteiger charge is -2.09. The van der Waals surface area contributed by atoms with Crippen molar-refractivity contribution >= 4 is 10.2 Å². The van der Waals surface area contributed by atoms with Crippen LogP contribution in [0.4, 0.5) is 0 Å². The highest BCUT2D eigenvalue weighted by atomic mass is 28.1. The number of rotatable bonds is 4. The summed E-state index contributed by atoms with van der Waals surface area (Å²) in [6.45, 7) is 5.47. The molecule has 0 aromatic carbocycles. The maximum atomic E-state index is 5.12. The van der Waals surface area contributed by atoms with Gasteiger partial charge in [-0.25, -0.2) is 0 Å². The van der Waals surface area contributed by atoms with Crippen LogP contribution in [0.25, 0.3) is 0 Å². The van der Waals surface area contributed by atoms with Gasteiger partial charge in [0.25, 0.3) is 0 Å². The van der Waals surface area contributed by atoms with Gasteiger partial charge in [-0.1, -0.05) is 0 Å². The highest BCUT2D eigenvalue weighted by Gasteiger charge is 1.94. The molecular formula is C5H15O2Si+. The van der Waals surface area contributed by atoms with E-state index in [1.165, 1.54) is 0 Å². The van der Waals surface area contributed by atoms with Crippen LogP contribution in [0, 0.1) is 0 Å². The molecule has 0 saturated carbocycles. The first kappa shape index (κ1) is 8.14. The lowest BCUT2D eigenvalue weighted by molar-refractivity contribution is -0.0801. The summed E-state index contributed by atoms with van der Waals surface area (Å²) >= 11 is 0. The van der Waals surface area contributed by atoms with Crippen LogP contribution in [-0.4, -0.2) is 29.4 Å². The number of ether oxygens (including phenoxy) is 2. The monoisotopic (exact) mass is 135 g/mol. The molecule has 2 nitrogen and oxygen atoms in total. The Morgan fingerprint density at radius 3 is 2.00 bits per heavy atom. The molecule has 0 saturated heterocycles. The molecule has 8 heavy (non-hydrogen) atoms. The van der Waals surface area contributed by atoms with Gasteiger partial charge in [0.15, 0.2) is 0 Å². The first-order valence-electron chi connectivity index (χ1n) is 3.04. The topological polar surface area (TPSA) is 18.5 Å². The first-order valence-corrected chi connectivity index (χ1v) is 4.20. The molecule has 0 spiro atoms. The molecule has 3 heteroatoms. The van der Waals surface area contributed by atoms with Crippen LogP contribution < -0.4 is 0 Å². The summed E-state index contributed by atoms with van der Waals surface area (Å²) in [7, 11) is 0.964. The molecule has 0 aromatic heterocycles. The molecule has 0 radical (unpaired) electrons. The molecule has 0 atom stereocenters. The van der Waals surface area contributed by atoms with Gasteiger partial charge >= 0.3 is 1.43 Å². The lowest BCUT2D eigenvalue weighted by Crippen LogP contribution is -2.16. The summed E-state index contributed by atoms with van der Waals surface area (Å²) in [5.41, 5.74) is 0. The van der Waals surface area contributed by atoms with Crippen molar-refractivity contribution in [1.29, 1.82) is 0 Å². The molecule has 50 valence electrons. The van der Waals surface area contributed by atoms with Gasteiger partial charge in [-0.05, 0) is 13.8 Å². The predicted molar refractivity (Wildman–Crippen MR) is 38.1 cm³/mol. The van der Waals surface area contributed by atoms with Crippen molar-refractivity contribution in [2.75, 3.05) is 13.2 Å². The Hall–Kier alpha value is 0.137. The standard InChI is InChI=1S/C5H14O2Si/c1-3-6-5(8)7-4-2/h5H,3-4H2,1-2,8H3/p+1. The average molecular weight is 135 g/mol. The molecule has 0 rings (SSSR count). The van der Waals surface area contributed by atoms with E-state index in [1.54, 1.807) is 0 Å². The van der Waals surface area contributed by atoms with E-state index in [9.17, 15) is 0 Å². The van der Waals surface area contributed by atoms with Gasteiger partial charge in [-0.2, -0.15) is 0 Å². The van der Waals surface area contributed by atoms with E-state index in [-0.39, 0.29) is 7.34 Å². The molecule has 0 aliphatic carbocycles. The molecule has 0 aliphatic rings. The molecule has 0 amide bonds. The maximum absolute atomic E-state index is 5.12. The fraction of sp³-hybridized carbons (Fsp3) is 1.00. The molecule has 0 heterocycles. The Morgan fingerprint density at radius 1 is 1.38 bits per heavy atom. The summed E-state index contributed by atoms with van der Waals surface area (Å²) < 4.78 is 10.2. The fourth-order valence-corrected chi connectivity index (χ4v) is 1.18. The Bertz CT molecular complexity index is 48.2. The number of hydrogen-bond acceptors (Lipinski definition) is 2. The second-order valence-corrected chi connectivity index (χ2v) is 2.42. The lowest BCUT2D eigenvalue weighted by atomic mass is 10.9. The Morgan fingerprint density at radius 2 is 1.75 bits per heavy atom. The van der Waals surface area contributed by atoms with Gasteiger partial charge in [-0.3, -0.25) is 0 Å². The Balaban J connectivity index is 0. The van der Waals surface area contributed by atoms with E-state index in [1.807, 2.05) is 13.8 Å². The van der Waals surface area contributed by atoms with Crippen molar-refractivity contribution in [2.45, 2.75) is 19.8 Å². The van der Waals surface area contributed by atoms with Crippen molar-refractivity contribution < 1.29 is 10.9 Å². The summed E-state index contributed by atoms with van der Waals surface area (Å²) in [6, 6.07) is 0. The largest absolute Gasteiger partial charge is 1.00 e. The van der Waals surface area contributed by atoms with E-state index in [2.05, 4.69) is 0 Å². The van der Waals surface area contributed by atoms with Crippen LogP contribution in [-0.2, 0) is 9.47 Å². The third kappa shape index (κ3) is 4.30. The number of hydrogen-bond donors (Lipinski definition) is 0. The zero-order valence-corrected chi connectivity index (χ0v) is 7.81. The predicted octanol–water partition coefficient (Wildman–Crippen LogP) is -0.179. The minimum Gasteiger partial charge on any atom is -0.358 e. The second kappa shape index (κ2) is 5.28. The van der Waals surface area contributed by atoms with E-state index in [4.69, 9.17) is 9.47 Å². The van der Waals surface area contributed by atoms with Crippen LogP contribution in [0.1, 0.15) is 15.3 Å². The maximum Gasteiger partial charge on any atom is 1.00 e. The molecular weight excluding hydrogens is 120 g/mol. The fourth-order valence-electron chi connectivity index (χ4n) is 0.518. The van der Waals surface area contributed by atoms with E-state index < -0.39 is 0 Å². The summed E-state index contributed by atoms with van der Waals surface area (Å²) in [5.74, 6) is 0.102. The molecule has 0 fully saturated rings. The third-order valence-corrected chi connectivity index (χ3v) is 1.47. The Labute approximate surface area is 55.1 Å². The quantitative estimate of drug-likeness (QED) is 0.393. The van der Waals surface area contributed by atoms with Crippen molar-refractivity contribution in [1.82, 2.24) is 0 Å². The highest BCUT2D eigenvalue weighted by Crippen LogP contribution is 1.86. The van der Waals surface area contributed by atoms with Crippen molar-refractivity contribution in [3.05, 3.63) is 0 Å². The average Bonchev–Trinajstić information content (AvgIpc) is 1.68.